The molecule has 0 saturated carbocycles. The van der Waals surface area contributed by atoms with Gasteiger partial charge in [0.15, 0.2) is 0 Å². The molecule has 0 atom stereocenters. The number of hydrogen-bond donors (Lipinski definition) is 1. The van der Waals surface area contributed by atoms with E-state index in [1.165, 1.54) is 12.1 Å². The second-order valence-corrected chi connectivity index (χ2v) is 5.95. The van der Waals surface area contributed by atoms with Gasteiger partial charge in [-0.15, -0.1) is 11.3 Å². The maximum absolute atomic E-state index is 11.6. The topological polar surface area (TPSA) is 63.2 Å². The molecule has 16 heavy (non-hydrogen) atoms. The number of rotatable bonds is 5. The molecule has 6 heteroatoms. The van der Waals surface area contributed by atoms with Crippen molar-refractivity contribution in [3.05, 3.63) is 29.7 Å². The van der Waals surface area contributed by atoms with E-state index in [-0.39, 0.29) is 4.21 Å². The zero-order chi connectivity index (χ0) is 12.0. The average molecular weight is 259 g/mol. The zero-order valence-electron chi connectivity index (χ0n) is 8.84. The Hall–Kier alpha value is -1.14. The highest BCUT2D eigenvalue weighted by Crippen LogP contribution is 2.14. The van der Waals surface area contributed by atoms with Gasteiger partial charge in [0.05, 0.1) is 0 Å². The largest absolute Gasteiger partial charge is 0.273 e. The predicted octanol–water partition coefficient (Wildman–Crippen LogP) is 1.91. The van der Waals surface area contributed by atoms with E-state index in [9.17, 15) is 13.2 Å². The van der Waals surface area contributed by atoms with Gasteiger partial charge in [0.2, 0.25) is 0 Å². The number of unbranched alkanes of at least 4 members (excludes halogenated alkanes) is 1. The van der Waals surface area contributed by atoms with E-state index in [4.69, 9.17) is 0 Å². The molecule has 1 rings (SSSR count). The fourth-order valence-electron chi connectivity index (χ4n) is 0.990. The maximum atomic E-state index is 11.6. The van der Waals surface area contributed by atoms with E-state index in [1.54, 1.807) is 17.5 Å². The Kier molecular flexibility index (Phi) is 4.70. The third kappa shape index (κ3) is 3.79. The standard InChI is InChI=1S/C10H13NO3S2/c1-2-3-4-6-9(12)11-16(13,14)10-7-5-8-15-10/h4-8H,2-3H2,1H3,(H,11,12)/b6-4+. The molecule has 0 aliphatic heterocycles. The van der Waals surface area contributed by atoms with Crippen LogP contribution < -0.4 is 4.72 Å². The SMILES string of the molecule is CCC/C=C/C(=O)NS(=O)(=O)c1cccs1. The third-order valence-electron chi connectivity index (χ3n) is 1.72. The Labute approximate surface area is 99.0 Å². The van der Waals surface area contributed by atoms with E-state index < -0.39 is 15.9 Å². The number of thiophene rings is 1. The number of hydrogen-bond acceptors (Lipinski definition) is 4. The average Bonchev–Trinajstić information content (AvgIpc) is 2.70. The molecule has 0 unspecified atom stereocenters. The highest BCUT2D eigenvalue weighted by Gasteiger charge is 2.16. The normalized spacial score (nSPS) is 11.8. The highest BCUT2D eigenvalue weighted by molar-refractivity contribution is 7.92. The van der Waals surface area contributed by atoms with Gasteiger partial charge >= 0.3 is 0 Å². The summed E-state index contributed by atoms with van der Waals surface area (Å²) in [7, 11) is -3.69. The molecule has 0 spiro atoms. The molecule has 4 nitrogen and oxygen atoms in total. The van der Waals surface area contributed by atoms with E-state index in [2.05, 4.69) is 0 Å². The lowest BCUT2D eigenvalue weighted by atomic mass is 10.3. The summed E-state index contributed by atoms with van der Waals surface area (Å²) in [6, 6.07) is 3.08. The lowest BCUT2D eigenvalue weighted by Gasteiger charge is -2.00. The van der Waals surface area contributed by atoms with Crippen molar-refractivity contribution in [2.75, 3.05) is 0 Å². The van der Waals surface area contributed by atoms with Crippen LogP contribution in [0.15, 0.2) is 33.9 Å². The second-order valence-electron chi connectivity index (χ2n) is 3.09. The first-order valence-electron chi connectivity index (χ1n) is 4.83. The van der Waals surface area contributed by atoms with Crippen LogP contribution in [-0.4, -0.2) is 14.3 Å². The van der Waals surface area contributed by atoms with E-state index >= 15 is 0 Å². The van der Waals surface area contributed by atoms with E-state index in [0.29, 0.717) is 0 Å². The van der Waals surface area contributed by atoms with Gasteiger partial charge in [-0.05, 0) is 23.9 Å². The van der Waals surface area contributed by atoms with Crippen molar-refractivity contribution in [2.45, 2.75) is 24.0 Å². The summed E-state index contributed by atoms with van der Waals surface area (Å²) in [4.78, 5) is 11.3. The quantitative estimate of drug-likeness (QED) is 0.822. The first kappa shape index (κ1) is 12.9. The van der Waals surface area contributed by atoms with Gasteiger partial charge in [-0.25, -0.2) is 13.1 Å². The van der Waals surface area contributed by atoms with Gasteiger partial charge < -0.3 is 0 Å². The van der Waals surface area contributed by atoms with Gasteiger partial charge in [0.1, 0.15) is 4.21 Å². The molecule has 0 fully saturated rings. The number of sulfonamides is 1. The molecular formula is C10H13NO3S2. The van der Waals surface area contributed by atoms with Crippen LogP contribution in [0.25, 0.3) is 0 Å². The Morgan fingerprint density at radius 3 is 2.88 bits per heavy atom. The predicted molar refractivity (Wildman–Crippen MR) is 63.7 cm³/mol. The van der Waals surface area contributed by atoms with Crippen molar-refractivity contribution in [1.82, 2.24) is 4.72 Å². The van der Waals surface area contributed by atoms with Crippen LogP contribution in [0.5, 0.6) is 0 Å². The summed E-state index contributed by atoms with van der Waals surface area (Å²) < 4.78 is 25.3. The maximum Gasteiger partial charge on any atom is 0.273 e. The molecule has 1 N–H and O–H groups in total. The smallest absolute Gasteiger partial charge is 0.269 e. The monoisotopic (exact) mass is 259 g/mol. The van der Waals surface area contributed by atoms with E-state index in [1.807, 2.05) is 11.6 Å². The van der Waals surface area contributed by atoms with Gasteiger partial charge in [0, 0.05) is 0 Å². The van der Waals surface area contributed by atoms with Crippen LogP contribution in [0.4, 0.5) is 0 Å². The van der Waals surface area contributed by atoms with Crippen molar-refractivity contribution < 1.29 is 13.2 Å². The number of amides is 1. The first-order chi connectivity index (χ1) is 7.56. The first-order valence-corrected chi connectivity index (χ1v) is 7.19. The molecule has 0 aliphatic carbocycles. The highest BCUT2D eigenvalue weighted by atomic mass is 32.2. The van der Waals surface area contributed by atoms with Gasteiger partial charge in [-0.2, -0.15) is 0 Å². The fraction of sp³-hybridized carbons (Fsp3) is 0.300. The van der Waals surface area contributed by atoms with Crippen LogP contribution in [0.2, 0.25) is 0 Å². The Morgan fingerprint density at radius 2 is 2.31 bits per heavy atom. The summed E-state index contributed by atoms with van der Waals surface area (Å²) >= 11 is 1.07. The Morgan fingerprint density at radius 1 is 1.56 bits per heavy atom. The molecular weight excluding hydrogens is 246 g/mol. The van der Waals surface area contributed by atoms with E-state index in [0.717, 1.165) is 24.2 Å². The van der Waals surface area contributed by atoms with Crippen LogP contribution >= 0.6 is 11.3 Å². The summed E-state index contributed by atoms with van der Waals surface area (Å²) in [5.41, 5.74) is 0. The fourth-order valence-corrected chi connectivity index (χ4v) is 2.93. The van der Waals surface area contributed by atoms with Gasteiger partial charge in [-0.1, -0.05) is 25.5 Å². The summed E-state index contributed by atoms with van der Waals surface area (Å²) in [5, 5.41) is 1.64. The minimum atomic E-state index is -3.69. The Balaban J connectivity index is 2.64. The molecule has 1 aromatic heterocycles. The van der Waals surface area contributed by atoms with Crippen LogP contribution in [-0.2, 0) is 14.8 Å². The molecule has 0 saturated heterocycles. The third-order valence-corrected chi connectivity index (χ3v) is 4.46. The minimum Gasteiger partial charge on any atom is -0.269 e. The minimum absolute atomic E-state index is 0.143. The molecule has 1 aromatic rings. The Bertz CT molecular complexity index is 460. The van der Waals surface area contributed by atoms with Crippen LogP contribution in [0, 0.1) is 0 Å². The molecule has 0 aliphatic rings. The van der Waals surface area contributed by atoms with Crippen molar-refractivity contribution in [2.24, 2.45) is 0 Å². The molecule has 0 bridgehead atoms. The summed E-state index contributed by atoms with van der Waals surface area (Å²) in [6.45, 7) is 1.98. The summed E-state index contributed by atoms with van der Waals surface area (Å²) in [5.74, 6) is -0.609. The second kappa shape index (κ2) is 5.81. The number of nitrogens with one attached hydrogen (secondary N) is 1. The molecule has 88 valence electrons. The van der Waals surface area contributed by atoms with Crippen molar-refractivity contribution in [1.29, 1.82) is 0 Å². The van der Waals surface area contributed by atoms with Crippen molar-refractivity contribution >= 4 is 27.3 Å². The zero-order valence-corrected chi connectivity index (χ0v) is 10.5. The molecule has 1 amide bonds. The van der Waals surface area contributed by atoms with Crippen molar-refractivity contribution in [3.63, 3.8) is 0 Å². The summed E-state index contributed by atoms with van der Waals surface area (Å²) in [6.07, 6.45) is 4.57. The number of carbonyl (C=O) groups is 1. The van der Waals surface area contributed by atoms with Crippen LogP contribution in [0.1, 0.15) is 19.8 Å². The lowest BCUT2D eigenvalue weighted by Crippen LogP contribution is -2.28. The molecule has 0 radical (unpaired) electrons. The van der Waals surface area contributed by atoms with Gasteiger partial charge in [0.25, 0.3) is 15.9 Å². The number of allylic oxidation sites excluding steroid dienone is 1. The van der Waals surface area contributed by atoms with Gasteiger partial charge in [-0.3, -0.25) is 4.79 Å². The molecule has 0 aromatic carbocycles. The lowest BCUT2D eigenvalue weighted by molar-refractivity contribution is -0.114. The molecule has 1 heterocycles. The number of carbonyl (C=O) groups excluding carboxylic acids is 1. The van der Waals surface area contributed by atoms with Crippen LogP contribution in [0.3, 0.4) is 0 Å². The van der Waals surface area contributed by atoms with Crippen molar-refractivity contribution in [3.8, 4) is 0 Å².